The Kier molecular flexibility index (Phi) is 8.78. The molecule has 2 rings (SSSR count). The van der Waals surface area contributed by atoms with Crippen molar-refractivity contribution in [1.29, 1.82) is 0 Å². The van der Waals surface area contributed by atoms with Crippen LogP contribution >= 0.6 is 24.4 Å². The summed E-state index contributed by atoms with van der Waals surface area (Å²) in [6.45, 7) is 0.526. The Morgan fingerprint density at radius 3 is 1.76 bits per heavy atom. The van der Waals surface area contributed by atoms with Gasteiger partial charge in [0.2, 0.25) is 6.29 Å². The van der Waals surface area contributed by atoms with Gasteiger partial charge < -0.3 is 26.6 Å². The minimum atomic E-state index is -0.698. The molecule has 0 unspecified atom stereocenters. The Balaban J connectivity index is 2.21. The van der Waals surface area contributed by atoms with Gasteiger partial charge in [-0.15, -0.1) is 0 Å². The second kappa shape index (κ2) is 11.3. The van der Waals surface area contributed by atoms with E-state index >= 15 is 0 Å². The molecule has 9 heteroatoms. The first-order valence-electron chi connectivity index (χ1n) is 9.01. The second-order valence-corrected chi connectivity index (χ2v) is 7.02. The van der Waals surface area contributed by atoms with E-state index in [0.29, 0.717) is 24.3 Å². The van der Waals surface area contributed by atoms with Gasteiger partial charge in [-0.3, -0.25) is 9.69 Å². The van der Waals surface area contributed by atoms with Crippen LogP contribution in [0.1, 0.15) is 19.3 Å². The fraction of sp³-hybridized carbons (Fsp3) is 0.250. The number of hydrogen-bond acceptors (Lipinski definition) is 6. The number of anilines is 2. The molecule has 0 bridgehead atoms. The van der Waals surface area contributed by atoms with Gasteiger partial charge in [0.15, 0.2) is 10.2 Å². The molecule has 0 saturated carbocycles. The fourth-order valence-corrected chi connectivity index (χ4v) is 3.29. The highest BCUT2D eigenvalue weighted by atomic mass is 32.1. The molecule has 2 aromatic rings. The molecule has 0 aliphatic rings. The van der Waals surface area contributed by atoms with Crippen molar-refractivity contribution in [3.63, 3.8) is 0 Å². The highest BCUT2D eigenvalue weighted by Gasteiger charge is 2.25. The molecule has 0 aliphatic carbocycles. The van der Waals surface area contributed by atoms with Crippen molar-refractivity contribution < 1.29 is 15.0 Å². The summed E-state index contributed by atoms with van der Waals surface area (Å²) in [6.07, 6.45) is 3.98. The van der Waals surface area contributed by atoms with Gasteiger partial charge in [-0.05, 0) is 98.8 Å². The summed E-state index contributed by atoms with van der Waals surface area (Å²) in [5.74, 6) is 0.257. The van der Waals surface area contributed by atoms with Crippen molar-refractivity contribution in [3.05, 3.63) is 48.5 Å². The number of phenolic OH excluding ortho intramolecular Hbond substituents is 2. The lowest BCUT2D eigenvalue weighted by Crippen LogP contribution is -2.49. The molecule has 0 amide bonds. The molecular weight excluding hydrogens is 408 g/mol. The van der Waals surface area contributed by atoms with Gasteiger partial charge in [-0.25, -0.2) is 0 Å². The molecule has 2 aromatic carbocycles. The molecule has 1 atom stereocenters. The minimum absolute atomic E-state index is 0.128. The van der Waals surface area contributed by atoms with Gasteiger partial charge >= 0.3 is 0 Å². The maximum atomic E-state index is 11.7. The molecule has 0 saturated heterocycles. The minimum Gasteiger partial charge on any atom is -0.508 e. The molecule has 0 aromatic heterocycles. The molecule has 0 heterocycles. The molecule has 153 valence electrons. The molecule has 29 heavy (non-hydrogen) atoms. The summed E-state index contributed by atoms with van der Waals surface area (Å²) in [5, 5.41) is 25.4. The summed E-state index contributed by atoms with van der Waals surface area (Å²) >= 11 is 11.0. The van der Waals surface area contributed by atoms with E-state index in [0.717, 1.165) is 12.8 Å². The highest BCUT2D eigenvalue weighted by molar-refractivity contribution is 7.82. The second-order valence-electron chi connectivity index (χ2n) is 6.24. The van der Waals surface area contributed by atoms with Crippen molar-refractivity contribution in [2.75, 3.05) is 17.2 Å². The lowest BCUT2D eigenvalue weighted by molar-refractivity contribution is 0.451. The lowest BCUT2D eigenvalue weighted by atomic mass is 10.1. The van der Waals surface area contributed by atoms with E-state index in [2.05, 4.69) is 10.6 Å². The Morgan fingerprint density at radius 1 is 0.931 bits per heavy atom. The molecule has 1 radical (unpaired) electrons. The maximum Gasteiger partial charge on any atom is 0.223 e. The Morgan fingerprint density at radius 2 is 1.38 bits per heavy atom. The van der Waals surface area contributed by atoms with Gasteiger partial charge in [0, 0.05) is 11.4 Å². The van der Waals surface area contributed by atoms with Crippen molar-refractivity contribution in [1.82, 2.24) is 4.90 Å². The van der Waals surface area contributed by atoms with E-state index < -0.39 is 6.04 Å². The largest absolute Gasteiger partial charge is 0.508 e. The van der Waals surface area contributed by atoms with Crippen LogP contribution in [0, 0.1) is 0 Å². The number of unbranched alkanes of at least 4 members (excludes halogenated alkanes) is 1. The zero-order valence-corrected chi connectivity index (χ0v) is 17.3. The number of phenols is 2. The molecule has 0 spiro atoms. The van der Waals surface area contributed by atoms with Crippen LogP contribution in [0.5, 0.6) is 11.5 Å². The van der Waals surface area contributed by atoms with Crippen molar-refractivity contribution in [2.24, 2.45) is 5.73 Å². The monoisotopic (exact) mass is 431 g/mol. The van der Waals surface area contributed by atoms with Crippen molar-refractivity contribution in [2.45, 2.75) is 25.3 Å². The first-order valence-corrected chi connectivity index (χ1v) is 9.83. The van der Waals surface area contributed by atoms with Crippen LogP contribution in [0.25, 0.3) is 0 Å². The molecular formula is C20H23N4O3S2. The summed E-state index contributed by atoms with van der Waals surface area (Å²) in [4.78, 5) is 13.2. The first kappa shape index (κ1) is 22.5. The average Bonchev–Trinajstić information content (AvgIpc) is 2.70. The van der Waals surface area contributed by atoms with Crippen LogP contribution < -0.4 is 16.4 Å². The predicted molar refractivity (Wildman–Crippen MR) is 123 cm³/mol. The van der Waals surface area contributed by atoms with E-state index in [1.807, 2.05) is 6.29 Å². The molecule has 7 nitrogen and oxygen atoms in total. The van der Waals surface area contributed by atoms with Crippen molar-refractivity contribution in [3.8, 4) is 11.5 Å². The van der Waals surface area contributed by atoms with Gasteiger partial charge in [0.1, 0.15) is 17.5 Å². The number of carbonyl (C=O) groups excluding carboxylic acids is 1. The summed E-state index contributed by atoms with van der Waals surface area (Å²) in [5.41, 5.74) is 6.82. The maximum absolute atomic E-state index is 11.7. The van der Waals surface area contributed by atoms with E-state index in [1.54, 1.807) is 24.3 Å². The first-order chi connectivity index (χ1) is 13.9. The standard InChI is InChI=1S/C20H23N4O3S2/c21-12-2-1-3-16(13-25)24(19(28)22-14-4-8-17(26)9-5-14)20(29)23-15-6-10-18(27)11-7-15/h4-11,16,26-27H,1-3,12,21H2,(H,22,28)(H,23,29)/t16-/m0/s1. The summed E-state index contributed by atoms with van der Waals surface area (Å²) < 4.78 is 0. The number of nitrogens with two attached hydrogens (primary N) is 1. The number of rotatable bonds is 8. The van der Waals surface area contributed by atoms with E-state index in [4.69, 9.17) is 30.2 Å². The van der Waals surface area contributed by atoms with E-state index in [9.17, 15) is 15.0 Å². The predicted octanol–water partition coefficient (Wildman–Crippen LogP) is 3.10. The Labute approximate surface area is 180 Å². The van der Waals surface area contributed by atoms with Crippen LogP contribution in [-0.2, 0) is 4.79 Å². The van der Waals surface area contributed by atoms with E-state index in [-0.39, 0.29) is 21.7 Å². The van der Waals surface area contributed by atoms with Gasteiger partial charge in [0.25, 0.3) is 0 Å². The number of thiocarbonyl (C=S) groups is 2. The third-order valence-corrected chi connectivity index (χ3v) is 4.65. The molecule has 0 aliphatic heterocycles. The van der Waals surface area contributed by atoms with Crippen molar-refractivity contribution >= 4 is 52.3 Å². The topological polar surface area (TPSA) is 111 Å². The number of benzene rings is 2. The van der Waals surface area contributed by atoms with Crippen LogP contribution in [-0.4, -0.2) is 44.2 Å². The molecule has 0 fully saturated rings. The van der Waals surface area contributed by atoms with Crippen LogP contribution in [0.3, 0.4) is 0 Å². The third kappa shape index (κ3) is 6.97. The number of nitrogens with one attached hydrogen (secondary N) is 2. The van der Waals surface area contributed by atoms with Crippen LogP contribution in [0.2, 0.25) is 0 Å². The van der Waals surface area contributed by atoms with Crippen LogP contribution in [0.15, 0.2) is 48.5 Å². The van der Waals surface area contributed by atoms with E-state index in [1.165, 1.54) is 29.2 Å². The number of hydrogen-bond donors (Lipinski definition) is 5. The zero-order chi connectivity index (χ0) is 21.2. The summed E-state index contributed by atoms with van der Waals surface area (Å²) in [7, 11) is 0. The number of nitrogens with zero attached hydrogens (tertiary/aromatic N) is 1. The lowest BCUT2D eigenvalue weighted by Gasteiger charge is -2.31. The average molecular weight is 432 g/mol. The Bertz CT molecular complexity index is 769. The normalized spacial score (nSPS) is 11.3. The fourth-order valence-electron chi connectivity index (χ4n) is 2.55. The Hall–Kier alpha value is -2.75. The van der Waals surface area contributed by atoms with Gasteiger partial charge in [-0.2, -0.15) is 0 Å². The number of aromatic hydroxyl groups is 2. The zero-order valence-electron chi connectivity index (χ0n) is 15.7. The summed E-state index contributed by atoms with van der Waals surface area (Å²) in [6, 6.07) is 12.0. The highest BCUT2D eigenvalue weighted by Crippen LogP contribution is 2.19. The van der Waals surface area contributed by atoms with Gasteiger partial charge in [0.05, 0.1) is 0 Å². The third-order valence-electron chi connectivity index (χ3n) is 4.05. The quantitative estimate of drug-likeness (QED) is 0.245. The smallest absolute Gasteiger partial charge is 0.223 e. The van der Waals surface area contributed by atoms with Gasteiger partial charge in [-0.1, -0.05) is 0 Å². The SMILES string of the molecule is NCCCC[C@@H]([C]=O)N(C(=S)Nc1ccc(O)cc1)C(=S)Nc1ccc(O)cc1. The molecule has 6 N–H and O–H groups in total. The van der Waals surface area contributed by atoms with Crippen LogP contribution in [0.4, 0.5) is 11.4 Å².